The van der Waals surface area contributed by atoms with Crippen LogP contribution in [0.2, 0.25) is 18.1 Å². The predicted molar refractivity (Wildman–Crippen MR) is 92.5 cm³/mol. The standard InChI is InChI=1S/C18H27NO2Si/c1-13(2)16(12-19)17(20)14-8-10-15(11-9-14)21-22(6,7)18(3,4)5/h8-11,13,16H,1-7H3/t16-/m0/s1. The molecule has 4 heteroatoms. The lowest BCUT2D eigenvalue weighted by molar-refractivity contribution is 0.0924. The van der Waals surface area contributed by atoms with Gasteiger partial charge in [0.15, 0.2) is 5.78 Å². The molecule has 0 saturated heterocycles. The average molecular weight is 318 g/mol. The summed E-state index contributed by atoms with van der Waals surface area (Å²) in [6, 6.07) is 9.29. The van der Waals surface area contributed by atoms with Gasteiger partial charge in [-0.1, -0.05) is 34.6 Å². The maximum Gasteiger partial charge on any atom is 0.250 e. The first-order valence-corrected chi connectivity index (χ1v) is 10.6. The van der Waals surface area contributed by atoms with Gasteiger partial charge in [-0.05, 0) is 48.3 Å². The molecule has 0 radical (unpaired) electrons. The second-order valence-electron chi connectivity index (χ2n) is 7.60. The van der Waals surface area contributed by atoms with Crippen molar-refractivity contribution in [2.75, 3.05) is 0 Å². The van der Waals surface area contributed by atoms with Crippen molar-refractivity contribution in [1.29, 1.82) is 5.26 Å². The third-order valence-corrected chi connectivity index (χ3v) is 8.76. The number of carbonyl (C=O) groups is 1. The number of nitriles is 1. The van der Waals surface area contributed by atoms with Gasteiger partial charge in [-0.2, -0.15) is 5.26 Å². The summed E-state index contributed by atoms with van der Waals surface area (Å²) in [5.74, 6) is 0.102. The lowest BCUT2D eigenvalue weighted by atomic mass is 9.89. The Morgan fingerprint density at radius 1 is 1.18 bits per heavy atom. The number of ketones is 1. The predicted octanol–water partition coefficient (Wildman–Crippen LogP) is 5.05. The molecule has 0 aromatic heterocycles. The first kappa shape index (κ1) is 18.4. The lowest BCUT2D eigenvalue weighted by Gasteiger charge is -2.36. The second kappa shape index (κ2) is 6.66. The molecule has 0 unspecified atom stereocenters. The highest BCUT2D eigenvalue weighted by atomic mass is 28.4. The van der Waals surface area contributed by atoms with Crippen molar-refractivity contribution < 1.29 is 9.22 Å². The first-order valence-electron chi connectivity index (χ1n) is 7.72. The Bertz CT molecular complexity index is 562. The third-order valence-electron chi connectivity index (χ3n) is 4.41. The van der Waals surface area contributed by atoms with Gasteiger partial charge in [0.25, 0.3) is 0 Å². The lowest BCUT2D eigenvalue weighted by Crippen LogP contribution is -2.43. The molecule has 0 aliphatic heterocycles. The van der Waals surface area contributed by atoms with Gasteiger partial charge in [0.1, 0.15) is 11.7 Å². The zero-order valence-electron chi connectivity index (χ0n) is 14.7. The van der Waals surface area contributed by atoms with Crippen LogP contribution in [-0.4, -0.2) is 14.1 Å². The maximum absolute atomic E-state index is 12.3. The van der Waals surface area contributed by atoms with Gasteiger partial charge in [-0.15, -0.1) is 0 Å². The van der Waals surface area contributed by atoms with Gasteiger partial charge in [-0.3, -0.25) is 4.79 Å². The summed E-state index contributed by atoms with van der Waals surface area (Å²) in [5.41, 5.74) is 0.572. The number of hydrogen-bond donors (Lipinski definition) is 0. The molecule has 0 saturated carbocycles. The fourth-order valence-electron chi connectivity index (χ4n) is 1.82. The molecule has 0 amide bonds. The van der Waals surface area contributed by atoms with E-state index in [4.69, 9.17) is 9.69 Å². The fraction of sp³-hybridized carbons (Fsp3) is 0.556. The van der Waals surface area contributed by atoms with E-state index in [1.165, 1.54) is 0 Å². The zero-order chi connectivity index (χ0) is 17.1. The molecule has 0 bridgehead atoms. The van der Waals surface area contributed by atoms with E-state index in [1.807, 2.05) is 26.0 Å². The van der Waals surface area contributed by atoms with E-state index in [0.29, 0.717) is 5.56 Å². The van der Waals surface area contributed by atoms with Crippen LogP contribution in [0.25, 0.3) is 0 Å². The largest absolute Gasteiger partial charge is 0.544 e. The van der Waals surface area contributed by atoms with Crippen LogP contribution in [0.3, 0.4) is 0 Å². The van der Waals surface area contributed by atoms with Gasteiger partial charge >= 0.3 is 0 Å². The van der Waals surface area contributed by atoms with Crippen LogP contribution in [0, 0.1) is 23.2 Å². The van der Waals surface area contributed by atoms with Crippen LogP contribution < -0.4 is 4.43 Å². The highest BCUT2D eigenvalue weighted by Crippen LogP contribution is 2.37. The number of Topliss-reactive ketones (excluding diaryl/α,β-unsaturated/α-hetero) is 1. The molecule has 120 valence electrons. The Morgan fingerprint density at radius 3 is 2.05 bits per heavy atom. The molecule has 1 aromatic rings. The second-order valence-corrected chi connectivity index (χ2v) is 12.3. The van der Waals surface area contributed by atoms with Gasteiger partial charge in [0.2, 0.25) is 8.32 Å². The van der Waals surface area contributed by atoms with E-state index in [2.05, 4.69) is 39.9 Å². The summed E-state index contributed by atoms with van der Waals surface area (Å²) < 4.78 is 6.20. The molecule has 1 rings (SSSR count). The highest BCUT2D eigenvalue weighted by molar-refractivity contribution is 6.74. The van der Waals surface area contributed by atoms with Crippen molar-refractivity contribution in [2.24, 2.45) is 11.8 Å². The third kappa shape index (κ3) is 4.20. The number of benzene rings is 1. The van der Waals surface area contributed by atoms with Gasteiger partial charge in [-0.25, -0.2) is 0 Å². The summed E-state index contributed by atoms with van der Waals surface area (Å²) in [6.07, 6.45) is 0. The smallest absolute Gasteiger partial charge is 0.250 e. The zero-order valence-corrected chi connectivity index (χ0v) is 15.7. The summed E-state index contributed by atoms with van der Waals surface area (Å²) in [4.78, 5) is 12.3. The minimum Gasteiger partial charge on any atom is -0.544 e. The van der Waals surface area contributed by atoms with Gasteiger partial charge in [0, 0.05) is 5.56 Å². The molecule has 3 nitrogen and oxygen atoms in total. The topological polar surface area (TPSA) is 50.1 Å². The normalized spacial score (nSPS) is 13.6. The van der Waals surface area contributed by atoms with E-state index in [1.54, 1.807) is 12.1 Å². The van der Waals surface area contributed by atoms with Crippen molar-refractivity contribution in [1.82, 2.24) is 0 Å². The fourth-order valence-corrected chi connectivity index (χ4v) is 2.86. The highest BCUT2D eigenvalue weighted by Gasteiger charge is 2.39. The van der Waals surface area contributed by atoms with E-state index in [-0.39, 0.29) is 16.7 Å². The van der Waals surface area contributed by atoms with Crippen LogP contribution in [0.4, 0.5) is 0 Å². The van der Waals surface area contributed by atoms with Crippen LogP contribution in [-0.2, 0) is 0 Å². The van der Waals surface area contributed by atoms with E-state index in [0.717, 1.165) is 5.75 Å². The van der Waals surface area contributed by atoms with Gasteiger partial charge in [0.05, 0.1) is 6.07 Å². The molecule has 1 aromatic carbocycles. The van der Waals surface area contributed by atoms with Crippen LogP contribution >= 0.6 is 0 Å². The first-order chi connectivity index (χ1) is 9.99. The molecule has 0 spiro atoms. The van der Waals surface area contributed by atoms with E-state index < -0.39 is 14.2 Å². The number of nitrogens with zero attached hydrogens (tertiary/aromatic N) is 1. The Labute approximate surface area is 135 Å². The monoisotopic (exact) mass is 317 g/mol. The van der Waals surface area contributed by atoms with E-state index in [9.17, 15) is 4.79 Å². The van der Waals surface area contributed by atoms with Crippen LogP contribution in [0.15, 0.2) is 24.3 Å². The minimum atomic E-state index is -1.87. The van der Waals surface area contributed by atoms with Crippen molar-refractivity contribution in [3.05, 3.63) is 29.8 Å². The van der Waals surface area contributed by atoms with Crippen LogP contribution in [0.5, 0.6) is 5.75 Å². The molecule has 0 fully saturated rings. The van der Waals surface area contributed by atoms with Crippen molar-refractivity contribution in [2.45, 2.75) is 52.8 Å². The molecule has 0 N–H and O–H groups in total. The molecule has 0 heterocycles. The molecule has 22 heavy (non-hydrogen) atoms. The Kier molecular flexibility index (Phi) is 5.58. The van der Waals surface area contributed by atoms with Gasteiger partial charge < -0.3 is 4.43 Å². The molecular weight excluding hydrogens is 290 g/mol. The number of carbonyl (C=O) groups excluding carboxylic acids is 1. The maximum atomic E-state index is 12.3. The Balaban J connectivity index is 2.93. The van der Waals surface area contributed by atoms with Crippen molar-refractivity contribution in [3.8, 4) is 11.8 Å². The summed E-state index contributed by atoms with van der Waals surface area (Å²) in [7, 11) is -1.87. The summed E-state index contributed by atoms with van der Waals surface area (Å²) in [5, 5.41) is 9.27. The molecule has 0 aliphatic carbocycles. The van der Waals surface area contributed by atoms with E-state index >= 15 is 0 Å². The van der Waals surface area contributed by atoms with Crippen molar-refractivity contribution >= 4 is 14.1 Å². The quantitative estimate of drug-likeness (QED) is 0.564. The van der Waals surface area contributed by atoms with Crippen LogP contribution in [0.1, 0.15) is 45.0 Å². The minimum absolute atomic E-state index is 0.0145. The average Bonchev–Trinajstić information content (AvgIpc) is 2.38. The molecule has 0 aliphatic rings. The number of hydrogen-bond acceptors (Lipinski definition) is 3. The number of rotatable bonds is 5. The van der Waals surface area contributed by atoms with Crippen molar-refractivity contribution in [3.63, 3.8) is 0 Å². The Morgan fingerprint density at radius 2 is 1.68 bits per heavy atom. The summed E-state index contributed by atoms with van der Waals surface area (Å²) >= 11 is 0. The SMILES string of the molecule is CC(C)[C@H](C#N)C(=O)c1ccc(O[Si](C)(C)C(C)(C)C)cc1. The molecule has 1 atom stereocenters. The summed E-state index contributed by atoms with van der Waals surface area (Å²) in [6.45, 7) is 14.7. The molecular formula is C18H27NO2Si. The Hall–Kier alpha value is -1.60.